The summed E-state index contributed by atoms with van der Waals surface area (Å²) in [4.78, 5) is 20.1. The van der Waals surface area contributed by atoms with E-state index in [0.717, 1.165) is 0 Å². The first-order valence-corrected chi connectivity index (χ1v) is 4.16. The third-order valence-electron chi connectivity index (χ3n) is 1.02. The van der Waals surface area contributed by atoms with E-state index in [-0.39, 0.29) is 59.1 Å². The standard InChI is InChI=1S/C4H7NO6S.2Na/c5-4(8)2(1-3(6)7)12(9,10)11;;/h2H,1H2,(H2,5,8)(H,6,7)(H,9,10,11);;/q;2*+1/p-2. The van der Waals surface area contributed by atoms with Crippen molar-refractivity contribution in [1.29, 1.82) is 0 Å². The Kier molecular flexibility index (Phi) is 11.7. The minimum Gasteiger partial charge on any atom is -0.747 e. The van der Waals surface area contributed by atoms with Crippen LogP contribution in [-0.4, -0.2) is 30.1 Å². The fourth-order valence-electron chi connectivity index (χ4n) is 0.496. The predicted molar refractivity (Wildman–Crippen MR) is 32.3 cm³/mol. The minimum absolute atomic E-state index is 0. The van der Waals surface area contributed by atoms with Crippen molar-refractivity contribution < 1.29 is 86.8 Å². The molecule has 0 saturated heterocycles. The van der Waals surface area contributed by atoms with Crippen molar-refractivity contribution >= 4 is 22.0 Å². The summed E-state index contributed by atoms with van der Waals surface area (Å²) in [6.45, 7) is 0. The summed E-state index contributed by atoms with van der Waals surface area (Å²) in [5.41, 5.74) is 4.46. The van der Waals surface area contributed by atoms with Gasteiger partial charge in [-0.3, -0.25) is 4.79 Å². The van der Waals surface area contributed by atoms with Crippen LogP contribution in [0, 0.1) is 0 Å². The van der Waals surface area contributed by atoms with Gasteiger partial charge in [0.2, 0.25) is 5.91 Å². The molecule has 0 aliphatic heterocycles. The van der Waals surface area contributed by atoms with Crippen LogP contribution < -0.4 is 70.0 Å². The third kappa shape index (κ3) is 8.18. The number of hydrogen-bond acceptors (Lipinski definition) is 6. The molecule has 10 heteroatoms. The van der Waals surface area contributed by atoms with Crippen LogP contribution >= 0.6 is 0 Å². The molecule has 70 valence electrons. The monoisotopic (exact) mass is 241 g/mol. The maximum absolute atomic E-state index is 10.2. The van der Waals surface area contributed by atoms with Gasteiger partial charge in [0.25, 0.3) is 0 Å². The molecule has 1 atom stereocenters. The topological polar surface area (TPSA) is 140 Å². The Bertz CT molecular complexity index is 301. The molecule has 0 aromatic heterocycles. The van der Waals surface area contributed by atoms with E-state index in [2.05, 4.69) is 5.73 Å². The molecular weight excluding hydrogens is 236 g/mol. The number of primary amides is 1. The first-order valence-electron chi connectivity index (χ1n) is 2.69. The fraction of sp³-hybridized carbons (Fsp3) is 0.500. The van der Waals surface area contributed by atoms with Crippen LogP contribution in [0.4, 0.5) is 0 Å². The van der Waals surface area contributed by atoms with E-state index in [4.69, 9.17) is 0 Å². The van der Waals surface area contributed by atoms with E-state index in [1.54, 1.807) is 0 Å². The molecule has 0 heterocycles. The van der Waals surface area contributed by atoms with E-state index in [1.807, 2.05) is 0 Å². The number of carboxylic acids is 1. The summed E-state index contributed by atoms with van der Waals surface area (Å²) in [6, 6.07) is 0. The van der Waals surface area contributed by atoms with Gasteiger partial charge in [-0.15, -0.1) is 0 Å². The van der Waals surface area contributed by atoms with Crippen LogP contribution in [0.2, 0.25) is 0 Å². The van der Waals surface area contributed by atoms with E-state index in [9.17, 15) is 27.7 Å². The minimum atomic E-state index is -5.00. The summed E-state index contributed by atoms with van der Waals surface area (Å²) < 4.78 is 30.5. The molecule has 1 unspecified atom stereocenters. The number of aliphatic carboxylic acids is 1. The molecule has 2 N–H and O–H groups in total. The quantitative estimate of drug-likeness (QED) is 0.382. The van der Waals surface area contributed by atoms with Gasteiger partial charge < -0.3 is 20.2 Å². The number of carboxylic acid groups (broad SMARTS) is 1. The van der Waals surface area contributed by atoms with E-state index in [0.29, 0.717) is 0 Å². The van der Waals surface area contributed by atoms with E-state index < -0.39 is 33.7 Å². The second kappa shape index (κ2) is 8.05. The van der Waals surface area contributed by atoms with Gasteiger partial charge in [-0.1, -0.05) is 0 Å². The first-order chi connectivity index (χ1) is 5.25. The van der Waals surface area contributed by atoms with Crippen LogP contribution in [0.15, 0.2) is 0 Å². The molecule has 14 heavy (non-hydrogen) atoms. The third-order valence-corrected chi connectivity index (χ3v) is 2.11. The average molecular weight is 241 g/mol. The van der Waals surface area contributed by atoms with Gasteiger partial charge >= 0.3 is 59.1 Å². The molecule has 0 aliphatic carbocycles. The Labute approximate surface area is 125 Å². The molecule has 7 nitrogen and oxygen atoms in total. The molecule has 0 radical (unpaired) electrons. The Hall–Kier alpha value is 0.850. The van der Waals surface area contributed by atoms with Crippen molar-refractivity contribution in [3.63, 3.8) is 0 Å². The Morgan fingerprint density at radius 1 is 1.29 bits per heavy atom. The normalized spacial score (nSPS) is 11.8. The van der Waals surface area contributed by atoms with Crippen molar-refractivity contribution in [2.75, 3.05) is 0 Å². The van der Waals surface area contributed by atoms with Crippen molar-refractivity contribution in [2.45, 2.75) is 11.7 Å². The van der Waals surface area contributed by atoms with Gasteiger partial charge in [-0.25, -0.2) is 8.42 Å². The molecule has 0 spiro atoms. The molecule has 0 fully saturated rings. The maximum Gasteiger partial charge on any atom is 1.00 e. The van der Waals surface area contributed by atoms with Crippen molar-refractivity contribution in [2.24, 2.45) is 5.73 Å². The van der Waals surface area contributed by atoms with Crippen LogP contribution in [0.25, 0.3) is 0 Å². The second-order valence-corrected chi connectivity index (χ2v) is 3.51. The van der Waals surface area contributed by atoms with Crippen LogP contribution in [0.3, 0.4) is 0 Å². The Balaban J connectivity index is -0.000000605. The predicted octanol–water partition coefficient (Wildman–Crippen LogP) is -9.47. The molecule has 0 rings (SSSR count). The SMILES string of the molecule is NC(=O)C(CC(=O)[O-])S(=O)(=O)[O-].[Na+].[Na+]. The first kappa shape index (κ1) is 20.3. The number of hydrogen-bond donors (Lipinski definition) is 1. The zero-order chi connectivity index (χ0) is 9.94. The van der Waals surface area contributed by atoms with Gasteiger partial charge in [0.15, 0.2) is 0 Å². The molecule has 0 aromatic carbocycles. The van der Waals surface area contributed by atoms with Crippen molar-refractivity contribution in [3.8, 4) is 0 Å². The molecule has 0 aliphatic rings. The molecular formula is C4H5NNa2O6S. The van der Waals surface area contributed by atoms with Gasteiger partial charge in [0, 0.05) is 12.4 Å². The summed E-state index contributed by atoms with van der Waals surface area (Å²) in [5.74, 6) is -3.31. The number of carbonyl (C=O) groups is 2. The molecule has 0 bridgehead atoms. The number of nitrogens with two attached hydrogens (primary N) is 1. The molecule has 0 saturated carbocycles. The van der Waals surface area contributed by atoms with Crippen LogP contribution in [-0.2, 0) is 19.7 Å². The number of carbonyl (C=O) groups excluding carboxylic acids is 2. The van der Waals surface area contributed by atoms with Gasteiger partial charge in [-0.2, -0.15) is 0 Å². The number of amides is 1. The van der Waals surface area contributed by atoms with E-state index >= 15 is 0 Å². The van der Waals surface area contributed by atoms with Crippen molar-refractivity contribution in [1.82, 2.24) is 0 Å². The van der Waals surface area contributed by atoms with Crippen LogP contribution in [0.5, 0.6) is 0 Å². The van der Waals surface area contributed by atoms with E-state index in [1.165, 1.54) is 0 Å². The average Bonchev–Trinajstić information content (AvgIpc) is 1.79. The number of rotatable bonds is 4. The summed E-state index contributed by atoms with van der Waals surface area (Å²) in [7, 11) is -5.00. The Morgan fingerprint density at radius 3 is 1.71 bits per heavy atom. The largest absolute Gasteiger partial charge is 1.00 e. The van der Waals surface area contributed by atoms with Gasteiger partial charge in [0.05, 0.1) is 0 Å². The second-order valence-electron chi connectivity index (χ2n) is 1.96. The maximum atomic E-state index is 10.2. The summed E-state index contributed by atoms with van der Waals surface area (Å²) in [6.07, 6.45) is -1.21. The van der Waals surface area contributed by atoms with Crippen LogP contribution in [0.1, 0.15) is 6.42 Å². The zero-order valence-corrected chi connectivity index (χ0v) is 12.5. The Morgan fingerprint density at radius 2 is 1.64 bits per heavy atom. The molecule has 1 amide bonds. The fourth-order valence-corrected chi connectivity index (χ4v) is 1.12. The summed E-state index contributed by atoms with van der Waals surface area (Å²) in [5, 5.41) is 7.59. The summed E-state index contributed by atoms with van der Waals surface area (Å²) >= 11 is 0. The van der Waals surface area contributed by atoms with Gasteiger partial charge in [0.1, 0.15) is 15.4 Å². The molecule has 0 aromatic rings. The smallest absolute Gasteiger partial charge is 0.747 e. The zero-order valence-electron chi connectivity index (χ0n) is 7.72. The van der Waals surface area contributed by atoms with Crippen molar-refractivity contribution in [3.05, 3.63) is 0 Å². The van der Waals surface area contributed by atoms with Gasteiger partial charge in [-0.05, 0) is 0 Å².